The van der Waals surface area contributed by atoms with Crippen LogP contribution < -0.4 is 4.74 Å². The maximum absolute atomic E-state index is 12.8. The molecule has 2 aromatic carbocycles. The van der Waals surface area contributed by atoms with Crippen LogP contribution in [0, 0.1) is 5.41 Å². The molecular weight excluding hydrogens is 801 g/mol. The number of azo groups is 1. The number of nitrogens with zero attached hydrogens (tertiary/aromatic N) is 2. The van der Waals surface area contributed by atoms with Crippen LogP contribution in [-0.2, 0) is 32.0 Å². The van der Waals surface area contributed by atoms with Gasteiger partial charge in [0.05, 0.1) is 36.6 Å². The molecule has 0 N–H and O–H groups in total. The van der Waals surface area contributed by atoms with Crippen LogP contribution in [0.3, 0.4) is 0 Å². The van der Waals surface area contributed by atoms with Crippen LogP contribution in [0.2, 0.25) is 51.4 Å². The van der Waals surface area contributed by atoms with Gasteiger partial charge in [-0.15, -0.1) is 0 Å². The third-order valence-electron chi connectivity index (χ3n) is 8.63. The van der Waals surface area contributed by atoms with E-state index >= 15 is 0 Å². The van der Waals surface area contributed by atoms with E-state index in [1.807, 2.05) is 54.6 Å². The maximum atomic E-state index is 12.8. The van der Waals surface area contributed by atoms with Crippen molar-refractivity contribution < 1.29 is 36.8 Å². The van der Waals surface area contributed by atoms with Crippen LogP contribution in [-0.4, -0.2) is 75.0 Å². The van der Waals surface area contributed by atoms with Gasteiger partial charge in [0.25, 0.3) is 0 Å². The number of benzene rings is 2. The summed E-state index contributed by atoms with van der Waals surface area (Å²) in [4.78, 5) is 24.8. The van der Waals surface area contributed by atoms with Gasteiger partial charge in [0.15, 0.2) is 16.6 Å². The highest BCUT2D eigenvalue weighted by molar-refractivity contribution is 9.10. The number of alkyl halides is 1. The summed E-state index contributed by atoms with van der Waals surface area (Å²) in [6, 6.07) is 19.3. The molecule has 0 aliphatic heterocycles. The molecule has 0 aliphatic carbocycles. The molecule has 0 fully saturated rings. The molecule has 0 heterocycles. The molecule has 54 heavy (non-hydrogen) atoms. The Morgan fingerprint density at radius 2 is 1.26 bits per heavy atom. The van der Waals surface area contributed by atoms with Gasteiger partial charge < -0.3 is 27.2 Å². The molecule has 0 amide bonds. The topological polar surface area (TPSA) is 114 Å². The van der Waals surface area contributed by atoms with Crippen LogP contribution in [0.5, 0.6) is 5.75 Å². The number of rotatable bonds is 28. The van der Waals surface area contributed by atoms with Gasteiger partial charge in [-0.05, 0) is 140 Å². The zero-order valence-electron chi connectivity index (χ0n) is 34.4. The van der Waals surface area contributed by atoms with Crippen LogP contribution in [0.25, 0.3) is 0 Å². The Morgan fingerprint density at radius 1 is 0.685 bits per heavy atom. The quantitative estimate of drug-likeness (QED) is 0.0273. The van der Waals surface area contributed by atoms with Crippen LogP contribution >= 0.6 is 15.9 Å². The Balaban J connectivity index is 1.53. The van der Waals surface area contributed by atoms with Crippen molar-refractivity contribution in [1.29, 1.82) is 0 Å². The van der Waals surface area contributed by atoms with Gasteiger partial charge in [0.2, 0.25) is 0 Å². The SMILES string of the molecule is CCCC[Si](C)(C)O[Si](C)(C)O[Si](C)(C)CCCOCCOC(=O)C(C)(C)CC(Br)C(=O)OCCCCCCOc1ccc(/N=N/c2ccccc2)cc1. The Kier molecular flexibility index (Phi) is 21.7. The molecule has 0 aromatic heterocycles. The zero-order chi connectivity index (χ0) is 40.1. The molecule has 1 atom stereocenters. The highest BCUT2D eigenvalue weighted by atomic mass is 79.9. The van der Waals surface area contributed by atoms with Crippen molar-refractivity contribution in [2.75, 3.05) is 33.0 Å². The fourth-order valence-corrected chi connectivity index (χ4v) is 21.1. The Morgan fingerprint density at radius 3 is 1.87 bits per heavy atom. The van der Waals surface area contributed by atoms with E-state index < -0.39 is 35.4 Å². The lowest BCUT2D eigenvalue weighted by atomic mass is 9.88. The number of halogens is 1. The van der Waals surface area contributed by atoms with Gasteiger partial charge in [-0.2, -0.15) is 10.2 Å². The van der Waals surface area contributed by atoms with E-state index in [-0.39, 0.29) is 25.0 Å². The van der Waals surface area contributed by atoms with Crippen LogP contribution in [0.1, 0.15) is 72.1 Å². The monoisotopic (exact) mass is 866 g/mol. The third kappa shape index (κ3) is 21.2. The average molecular weight is 868 g/mol. The minimum atomic E-state index is -2.20. The lowest BCUT2D eigenvalue weighted by molar-refractivity contribution is -0.156. The summed E-state index contributed by atoms with van der Waals surface area (Å²) < 4.78 is 35.9. The average Bonchev–Trinajstić information content (AvgIpc) is 3.10. The lowest BCUT2D eigenvalue weighted by Gasteiger charge is -2.38. The van der Waals surface area contributed by atoms with Crippen molar-refractivity contribution in [1.82, 2.24) is 0 Å². The molecule has 0 saturated carbocycles. The first kappa shape index (κ1) is 47.9. The van der Waals surface area contributed by atoms with Gasteiger partial charge in [-0.25, -0.2) is 0 Å². The molecule has 0 aliphatic rings. The second-order valence-corrected chi connectivity index (χ2v) is 29.7. The molecule has 0 bridgehead atoms. The molecule has 2 aromatic rings. The van der Waals surface area contributed by atoms with Crippen molar-refractivity contribution >= 4 is 64.4 Å². The Bertz CT molecular complexity index is 1400. The predicted molar refractivity (Wildman–Crippen MR) is 229 cm³/mol. The standard InChI is InChI=1S/C40H67BrN2O8Si3/c1-10-11-31-52(4,5)50-54(8,9)51-53(6,7)32-19-26-46-29-30-49-39(45)40(2,3)33-37(41)38(44)48-28-18-13-12-17-27-47-36-24-22-35(23-25-36)43-42-34-20-15-14-16-21-34/h14-16,20-25,37H,10-13,17-19,26-33H2,1-9H3/b43-42+. The molecule has 0 radical (unpaired) electrons. The van der Waals surface area contributed by atoms with Gasteiger partial charge >= 0.3 is 20.5 Å². The molecule has 2 rings (SSSR count). The Labute approximate surface area is 337 Å². The molecule has 0 spiro atoms. The maximum Gasteiger partial charge on any atom is 0.319 e. The van der Waals surface area contributed by atoms with Crippen molar-refractivity contribution in [3.8, 4) is 5.75 Å². The minimum absolute atomic E-state index is 0.168. The highest BCUT2D eigenvalue weighted by Gasteiger charge is 2.39. The van der Waals surface area contributed by atoms with Crippen molar-refractivity contribution in [2.45, 2.75) is 128 Å². The van der Waals surface area contributed by atoms with Crippen molar-refractivity contribution in [3.05, 3.63) is 54.6 Å². The molecule has 0 saturated heterocycles. The van der Waals surface area contributed by atoms with Crippen LogP contribution in [0.4, 0.5) is 11.4 Å². The van der Waals surface area contributed by atoms with E-state index in [0.29, 0.717) is 26.4 Å². The number of esters is 2. The number of carbonyl (C=O) groups excluding carboxylic acids is 2. The molecule has 10 nitrogen and oxygen atoms in total. The second-order valence-electron chi connectivity index (χ2n) is 16.1. The largest absolute Gasteiger partial charge is 0.494 e. The molecule has 304 valence electrons. The Hall–Kier alpha value is -2.21. The normalized spacial score (nSPS) is 13.2. The van der Waals surface area contributed by atoms with Gasteiger partial charge in [-0.1, -0.05) is 53.9 Å². The van der Waals surface area contributed by atoms with Gasteiger partial charge in [0.1, 0.15) is 17.2 Å². The fraction of sp³-hybridized carbons (Fsp3) is 0.650. The zero-order valence-corrected chi connectivity index (χ0v) is 39.0. The van der Waals surface area contributed by atoms with E-state index in [0.717, 1.165) is 55.3 Å². The first-order valence-corrected chi connectivity index (χ1v) is 29.6. The van der Waals surface area contributed by atoms with Gasteiger partial charge in [0, 0.05) is 6.61 Å². The molecule has 14 heteroatoms. The number of carbonyl (C=O) groups is 2. The number of unbranched alkanes of at least 4 members (excludes halogenated alkanes) is 4. The first-order valence-electron chi connectivity index (χ1n) is 19.6. The summed E-state index contributed by atoms with van der Waals surface area (Å²) >= 11 is 3.42. The predicted octanol–water partition coefficient (Wildman–Crippen LogP) is 11.7. The van der Waals surface area contributed by atoms with Crippen molar-refractivity contribution in [3.63, 3.8) is 0 Å². The first-order chi connectivity index (χ1) is 25.4. The van der Waals surface area contributed by atoms with E-state index in [1.54, 1.807) is 13.8 Å². The summed E-state index contributed by atoms with van der Waals surface area (Å²) in [5.74, 6) is 0.0542. The number of ether oxygens (including phenoxy) is 4. The summed E-state index contributed by atoms with van der Waals surface area (Å²) in [7, 11) is -5.82. The minimum Gasteiger partial charge on any atom is -0.494 e. The van der Waals surface area contributed by atoms with E-state index in [1.165, 1.54) is 18.9 Å². The number of hydrogen-bond acceptors (Lipinski definition) is 10. The second kappa shape index (κ2) is 24.4. The van der Waals surface area contributed by atoms with E-state index in [9.17, 15) is 9.59 Å². The highest BCUT2D eigenvalue weighted by Crippen LogP contribution is 2.29. The summed E-state index contributed by atoms with van der Waals surface area (Å²) in [6.45, 7) is 21.3. The molecular formula is C40H67BrN2O8Si3. The van der Waals surface area contributed by atoms with Gasteiger partial charge in [-0.3, -0.25) is 9.59 Å². The van der Waals surface area contributed by atoms with Crippen LogP contribution in [0.15, 0.2) is 64.8 Å². The summed E-state index contributed by atoms with van der Waals surface area (Å²) in [5.41, 5.74) is 0.711. The summed E-state index contributed by atoms with van der Waals surface area (Å²) in [5, 5.41) is 8.47. The lowest BCUT2D eigenvalue weighted by Crippen LogP contribution is -2.52. The fourth-order valence-electron chi connectivity index (χ4n) is 5.99. The molecule has 1 unspecified atom stereocenters. The third-order valence-corrected chi connectivity index (χ3v) is 20.8. The number of hydrogen-bond donors (Lipinski definition) is 0. The smallest absolute Gasteiger partial charge is 0.319 e. The van der Waals surface area contributed by atoms with E-state index in [2.05, 4.69) is 72.4 Å². The summed E-state index contributed by atoms with van der Waals surface area (Å²) in [6.07, 6.45) is 7.10. The van der Waals surface area contributed by atoms with E-state index in [4.69, 9.17) is 27.2 Å². The van der Waals surface area contributed by atoms with Crippen molar-refractivity contribution in [2.24, 2.45) is 15.6 Å².